The Morgan fingerprint density at radius 1 is 1.23 bits per heavy atom. The minimum absolute atomic E-state index is 0.220. The molecule has 4 nitrogen and oxygen atoms in total. The van der Waals surface area contributed by atoms with Crippen molar-refractivity contribution in [3.8, 4) is 5.75 Å². The van der Waals surface area contributed by atoms with Crippen molar-refractivity contribution in [3.05, 3.63) is 29.8 Å². The molecule has 0 atom stereocenters. The third-order valence-electron chi connectivity index (χ3n) is 4.45. The molecule has 1 aliphatic rings. The van der Waals surface area contributed by atoms with E-state index < -0.39 is 0 Å². The summed E-state index contributed by atoms with van der Waals surface area (Å²) >= 11 is 0. The van der Waals surface area contributed by atoms with Gasteiger partial charge in [0.15, 0.2) is 0 Å². The fourth-order valence-corrected chi connectivity index (χ4v) is 2.95. The van der Waals surface area contributed by atoms with Gasteiger partial charge in [0.1, 0.15) is 5.75 Å². The molecule has 0 heterocycles. The lowest BCUT2D eigenvalue weighted by molar-refractivity contribution is 0.0951. The Morgan fingerprint density at radius 3 is 2.45 bits per heavy atom. The molecule has 120 valence electrons. The average molecular weight is 302 g/mol. The molecule has 1 aliphatic carbocycles. The summed E-state index contributed by atoms with van der Waals surface area (Å²) in [6.45, 7) is 6.88. The molecule has 1 aromatic carbocycles. The number of hydrazone groups is 1. The fourth-order valence-electron chi connectivity index (χ4n) is 2.95. The van der Waals surface area contributed by atoms with E-state index in [1.807, 2.05) is 12.1 Å². The number of carbonyl (C=O) groups is 1. The number of benzene rings is 1. The van der Waals surface area contributed by atoms with Gasteiger partial charge in [-0.1, -0.05) is 32.9 Å². The lowest BCUT2D eigenvalue weighted by Gasteiger charge is -2.34. The zero-order valence-corrected chi connectivity index (χ0v) is 14.0. The van der Waals surface area contributed by atoms with E-state index in [0.717, 1.165) is 37.3 Å². The van der Waals surface area contributed by atoms with Crippen molar-refractivity contribution in [2.24, 2.45) is 16.4 Å². The first-order chi connectivity index (χ1) is 10.4. The zero-order valence-electron chi connectivity index (χ0n) is 14.0. The van der Waals surface area contributed by atoms with E-state index in [0.29, 0.717) is 16.7 Å². The minimum atomic E-state index is -0.220. The summed E-state index contributed by atoms with van der Waals surface area (Å²) < 4.78 is 5.20. The van der Waals surface area contributed by atoms with Crippen molar-refractivity contribution >= 4 is 11.6 Å². The number of nitrogens with zero attached hydrogens (tertiary/aromatic N) is 1. The van der Waals surface area contributed by atoms with Crippen LogP contribution in [-0.2, 0) is 0 Å². The monoisotopic (exact) mass is 302 g/mol. The Hall–Kier alpha value is -1.84. The van der Waals surface area contributed by atoms with Crippen molar-refractivity contribution in [2.45, 2.75) is 46.5 Å². The maximum atomic E-state index is 12.2. The van der Waals surface area contributed by atoms with Crippen LogP contribution in [0.1, 0.15) is 56.8 Å². The van der Waals surface area contributed by atoms with Crippen LogP contribution in [-0.4, -0.2) is 18.7 Å². The van der Waals surface area contributed by atoms with E-state index in [2.05, 4.69) is 31.3 Å². The molecular formula is C18H26N2O2. The number of hydrogen-bond donors (Lipinski definition) is 1. The highest BCUT2D eigenvalue weighted by Gasteiger charge is 2.28. The number of para-hydroxylation sites is 1. The third kappa shape index (κ3) is 4.09. The number of ether oxygens (including phenoxy) is 1. The van der Waals surface area contributed by atoms with E-state index in [4.69, 9.17) is 4.74 Å². The number of rotatable bonds is 3. The van der Waals surface area contributed by atoms with Crippen LogP contribution >= 0.6 is 0 Å². The maximum Gasteiger partial charge on any atom is 0.275 e. The number of carbonyl (C=O) groups excluding carboxylic acids is 1. The Labute approximate surface area is 132 Å². The predicted octanol–water partition coefficient (Wildman–Crippen LogP) is 4.02. The van der Waals surface area contributed by atoms with Crippen LogP contribution in [0.2, 0.25) is 0 Å². The molecule has 0 unspecified atom stereocenters. The van der Waals surface area contributed by atoms with Crippen LogP contribution < -0.4 is 10.2 Å². The van der Waals surface area contributed by atoms with Gasteiger partial charge in [-0.2, -0.15) is 5.10 Å². The quantitative estimate of drug-likeness (QED) is 0.857. The molecule has 1 N–H and O–H groups in total. The summed E-state index contributed by atoms with van der Waals surface area (Å²) in [5.74, 6) is 1.08. The molecule has 0 radical (unpaired) electrons. The molecule has 0 bridgehead atoms. The Bertz CT molecular complexity index is 548. The smallest absolute Gasteiger partial charge is 0.275 e. The fraction of sp³-hybridized carbons (Fsp3) is 0.556. The first-order valence-corrected chi connectivity index (χ1v) is 7.90. The molecule has 1 fully saturated rings. The topological polar surface area (TPSA) is 50.7 Å². The second kappa shape index (κ2) is 6.95. The van der Waals surface area contributed by atoms with E-state index in [1.54, 1.807) is 19.2 Å². The molecule has 0 saturated heterocycles. The molecule has 4 heteroatoms. The van der Waals surface area contributed by atoms with Gasteiger partial charge in [0.25, 0.3) is 5.91 Å². The molecule has 1 saturated carbocycles. The van der Waals surface area contributed by atoms with E-state index in [9.17, 15) is 4.79 Å². The van der Waals surface area contributed by atoms with Gasteiger partial charge in [0.05, 0.1) is 12.7 Å². The molecule has 1 amide bonds. The Kier molecular flexibility index (Phi) is 5.22. The molecule has 0 spiro atoms. The second-order valence-electron chi connectivity index (χ2n) is 6.96. The van der Waals surface area contributed by atoms with Gasteiger partial charge in [-0.05, 0) is 49.1 Å². The van der Waals surface area contributed by atoms with Gasteiger partial charge < -0.3 is 4.74 Å². The van der Waals surface area contributed by atoms with E-state index >= 15 is 0 Å². The molecule has 2 rings (SSSR count). The minimum Gasteiger partial charge on any atom is -0.496 e. The maximum absolute atomic E-state index is 12.2. The highest BCUT2D eigenvalue weighted by Crippen LogP contribution is 2.36. The highest BCUT2D eigenvalue weighted by molar-refractivity contribution is 5.97. The van der Waals surface area contributed by atoms with Crippen LogP contribution in [0.5, 0.6) is 5.75 Å². The summed E-state index contributed by atoms with van der Waals surface area (Å²) in [6, 6.07) is 7.18. The summed E-state index contributed by atoms with van der Waals surface area (Å²) in [7, 11) is 1.56. The largest absolute Gasteiger partial charge is 0.496 e. The van der Waals surface area contributed by atoms with E-state index in [-0.39, 0.29) is 5.91 Å². The SMILES string of the molecule is COc1ccccc1C(=O)NN=C1CCC(C(C)(C)C)CC1. The normalized spacial score (nSPS) is 18.7. The molecule has 22 heavy (non-hydrogen) atoms. The standard InChI is InChI=1S/C18H26N2O2/c1-18(2,3)13-9-11-14(12-10-13)19-20-17(21)15-7-5-6-8-16(15)22-4/h5-8,13H,9-12H2,1-4H3,(H,20,21). The lowest BCUT2D eigenvalue weighted by atomic mass is 9.72. The van der Waals surface area contributed by atoms with Gasteiger partial charge in [-0.25, -0.2) is 5.43 Å². The van der Waals surface area contributed by atoms with Crippen LogP contribution in [0.4, 0.5) is 0 Å². The summed E-state index contributed by atoms with van der Waals surface area (Å²) in [4.78, 5) is 12.2. The van der Waals surface area contributed by atoms with Gasteiger partial charge in [0, 0.05) is 5.71 Å². The van der Waals surface area contributed by atoms with Crippen LogP contribution in [0.25, 0.3) is 0 Å². The molecule has 0 aliphatic heterocycles. The summed E-state index contributed by atoms with van der Waals surface area (Å²) in [5, 5.41) is 4.31. The van der Waals surface area contributed by atoms with Crippen molar-refractivity contribution < 1.29 is 9.53 Å². The Morgan fingerprint density at radius 2 is 1.86 bits per heavy atom. The molecular weight excluding hydrogens is 276 g/mol. The lowest BCUT2D eigenvalue weighted by Crippen LogP contribution is -2.27. The number of amides is 1. The number of methoxy groups -OCH3 is 1. The first-order valence-electron chi connectivity index (χ1n) is 7.90. The van der Waals surface area contributed by atoms with Gasteiger partial charge in [-0.15, -0.1) is 0 Å². The van der Waals surface area contributed by atoms with Crippen LogP contribution in [0.15, 0.2) is 29.4 Å². The van der Waals surface area contributed by atoms with Gasteiger partial charge in [0.2, 0.25) is 0 Å². The van der Waals surface area contributed by atoms with Crippen molar-refractivity contribution in [1.82, 2.24) is 5.43 Å². The molecule has 0 aromatic heterocycles. The third-order valence-corrected chi connectivity index (χ3v) is 4.45. The predicted molar refractivity (Wildman–Crippen MR) is 89.3 cm³/mol. The number of hydrogen-bond acceptors (Lipinski definition) is 3. The first kappa shape index (κ1) is 16.5. The second-order valence-corrected chi connectivity index (χ2v) is 6.96. The highest BCUT2D eigenvalue weighted by atomic mass is 16.5. The Balaban J connectivity index is 1.94. The van der Waals surface area contributed by atoms with Crippen molar-refractivity contribution in [2.75, 3.05) is 7.11 Å². The van der Waals surface area contributed by atoms with Crippen LogP contribution in [0.3, 0.4) is 0 Å². The van der Waals surface area contributed by atoms with Gasteiger partial charge >= 0.3 is 0 Å². The van der Waals surface area contributed by atoms with Crippen molar-refractivity contribution in [1.29, 1.82) is 0 Å². The van der Waals surface area contributed by atoms with E-state index in [1.165, 1.54) is 0 Å². The average Bonchev–Trinajstić information content (AvgIpc) is 2.52. The summed E-state index contributed by atoms with van der Waals surface area (Å²) in [5.41, 5.74) is 4.62. The summed E-state index contributed by atoms with van der Waals surface area (Å²) in [6.07, 6.45) is 4.22. The van der Waals surface area contributed by atoms with Gasteiger partial charge in [-0.3, -0.25) is 4.79 Å². The van der Waals surface area contributed by atoms with Crippen molar-refractivity contribution in [3.63, 3.8) is 0 Å². The molecule has 1 aromatic rings. The number of nitrogens with one attached hydrogen (secondary N) is 1. The van der Waals surface area contributed by atoms with Crippen LogP contribution in [0, 0.1) is 11.3 Å². The zero-order chi connectivity index (χ0) is 16.2.